The summed E-state index contributed by atoms with van der Waals surface area (Å²) in [5.74, 6) is 6.05. The number of hydrogen-bond acceptors (Lipinski definition) is 4. The van der Waals surface area contributed by atoms with Crippen LogP contribution in [0.4, 0.5) is 0 Å². The maximum Gasteiger partial charge on any atom is 0.205 e. The van der Waals surface area contributed by atoms with Gasteiger partial charge < -0.3 is 5.32 Å². The number of nitrogens with one attached hydrogen (secondary N) is 2. The number of nitrogens with two attached hydrogens (primary N) is 1. The molecule has 14 heavy (non-hydrogen) atoms. The van der Waals surface area contributed by atoms with Crippen LogP contribution >= 0.6 is 0 Å². The fourth-order valence-electron chi connectivity index (χ4n) is 1.50. The van der Waals surface area contributed by atoms with Crippen LogP contribution in [0.15, 0.2) is 4.99 Å². The predicted molar refractivity (Wildman–Crippen MR) is 55.5 cm³/mol. The minimum Gasteiger partial charge on any atom is -0.352 e. The second-order valence-corrected chi connectivity index (χ2v) is 5.54. The molecule has 1 aliphatic heterocycles. The summed E-state index contributed by atoms with van der Waals surface area (Å²) in [6.45, 7) is 0. The van der Waals surface area contributed by atoms with Gasteiger partial charge in [-0.15, -0.1) is 0 Å². The molecule has 1 aliphatic rings. The van der Waals surface area contributed by atoms with Gasteiger partial charge in [0.1, 0.15) is 0 Å². The van der Waals surface area contributed by atoms with Crippen molar-refractivity contribution in [1.29, 1.82) is 0 Å². The Kier molecular flexibility index (Phi) is 3.70. The highest BCUT2D eigenvalue weighted by atomic mass is 32.2. The van der Waals surface area contributed by atoms with Crippen LogP contribution in [0.5, 0.6) is 0 Å². The Morgan fingerprint density at radius 2 is 2.29 bits per heavy atom. The molecule has 82 valence electrons. The summed E-state index contributed by atoms with van der Waals surface area (Å²) in [7, 11) is -1.30. The lowest BCUT2D eigenvalue weighted by atomic mass is 10.2. The van der Waals surface area contributed by atoms with Crippen LogP contribution in [0.3, 0.4) is 0 Å². The Morgan fingerprint density at radius 1 is 1.57 bits per heavy atom. The van der Waals surface area contributed by atoms with E-state index in [0.29, 0.717) is 18.1 Å². The van der Waals surface area contributed by atoms with Crippen molar-refractivity contribution in [3.8, 4) is 0 Å². The number of hydrogen-bond donors (Lipinski definition) is 3. The largest absolute Gasteiger partial charge is 0.352 e. The van der Waals surface area contributed by atoms with Gasteiger partial charge in [0.2, 0.25) is 5.96 Å². The first kappa shape index (κ1) is 11.3. The molecule has 7 heteroatoms. The van der Waals surface area contributed by atoms with E-state index in [1.807, 2.05) is 0 Å². The molecule has 0 aromatic heterocycles. The first-order valence-corrected chi connectivity index (χ1v) is 6.30. The zero-order valence-electron chi connectivity index (χ0n) is 8.16. The zero-order chi connectivity index (χ0) is 10.6. The van der Waals surface area contributed by atoms with Crippen LogP contribution in [0, 0.1) is 0 Å². The van der Waals surface area contributed by atoms with Crippen LogP contribution in [0.2, 0.25) is 0 Å². The summed E-state index contributed by atoms with van der Waals surface area (Å²) in [6, 6.07) is -0.0801. The minimum atomic E-state index is -2.88. The smallest absolute Gasteiger partial charge is 0.205 e. The van der Waals surface area contributed by atoms with Crippen molar-refractivity contribution >= 4 is 15.8 Å². The van der Waals surface area contributed by atoms with Gasteiger partial charge in [-0.25, -0.2) is 14.3 Å². The number of aliphatic imine (C=N–C) groups is 1. The average Bonchev–Trinajstić information content (AvgIpc) is 2.12. The molecule has 0 bridgehead atoms. The van der Waals surface area contributed by atoms with Gasteiger partial charge in [-0.3, -0.25) is 10.4 Å². The van der Waals surface area contributed by atoms with Gasteiger partial charge in [-0.1, -0.05) is 0 Å². The molecule has 4 N–H and O–H groups in total. The first-order valence-electron chi connectivity index (χ1n) is 4.48. The first-order chi connectivity index (χ1) is 6.57. The standard InChI is InChI=1S/C7H16N4O2S/c1-9-7(11-8)10-6-3-2-4-14(12,13)5-6/h6H,2-5,8H2,1H3,(H2,9,10,11). The normalized spacial score (nSPS) is 27.0. The molecule has 0 aliphatic carbocycles. The quantitative estimate of drug-likeness (QED) is 0.219. The molecule has 1 atom stereocenters. The van der Waals surface area contributed by atoms with E-state index in [2.05, 4.69) is 15.7 Å². The van der Waals surface area contributed by atoms with Crippen molar-refractivity contribution in [2.24, 2.45) is 10.8 Å². The molecule has 0 amide bonds. The van der Waals surface area contributed by atoms with E-state index in [1.54, 1.807) is 7.05 Å². The second kappa shape index (κ2) is 4.61. The third-order valence-electron chi connectivity index (χ3n) is 2.16. The zero-order valence-corrected chi connectivity index (χ0v) is 8.97. The maximum absolute atomic E-state index is 11.3. The molecular weight excluding hydrogens is 204 g/mol. The summed E-state index contributed by atoms with van der Waals surface area (Å²) < 4.78 is 22.6. The Labute approximate surface area is 83.9 Å². The molecule has 0 radical (unpaired) electrons. The van der Waals surface area contributed by atoms with Crippen LogP contribution < -0.4 is 16.6 Å². The van der Waals surface area contributed by atoms with E-state index in [1.165, 1.54) is 0 Å². The third kappa shape index (κ3) is 3.15. The highest BCUT2D eigenvalue weighted by Gasteiger charge is 2.24. The topological polar surface area (TPSA) is 96.6 Å². The van der Waals surface area contributed by atoms with Crippen molar-refractivity contribution in [3.05, 3.63) is 0 Å². The van der Waals surface area contributed by atoms with Gasteiger partial charge in [0.15, 0.2) is 9.84 Å². The lowest BCUT2D eigenvalue weighted by Gasteiger charge is -2.24. The van der Waals surface area contributed by atoms with Crippen molar-refractivity contribution < 1.29 is 8.42 Å². The van der Waals surface area contributed by atoms with Crippen molar-refractivity contribution in [3.63, 3.8) is 0 Å². The molecule has 0 aromatic rings. The molecule has 1 saturated heterocycles. The maximum atomic E-state index is 11.3. The average molecular weight is 220 g/mol. The van der Waals surface area contributed by atoms with Gasteiger partial charge in [-0.2, -0.15) is 0 Å². The Morgan fingerprint density at radius 3 is 2.79 bits per heavy atom. The molecule has 1 heterocycles. The van der Waals surface area contributed by atoms with E-state index in [-0.39, 0.29) is 11.8 Å². The van der Waals surface area contributed by atoms with Gasteiger partial charge in [0.05, 0.1) is 11.5 Å². The van der Waals surface area contributed by atoms with Crippen LogP contribution in [-0.2, 0) is 9.84 Å². The van der Waals surface area contributed by atoms with Gasteiger partial charge in [-0.05, 0) is 12.8 Å². The fraction of sp³-hybridized carbons (Fsp3) is 0.857. The van der Waals surface area contributed by atoms with Gasteiger partial charge in [0, 0.05) is 13.1 Å². The minimum absolute atomic E-state index is 0.0801. The van der Waals surface area contributed by atoms with E-state index < -0.39 is 9.84 Å². The van der Waals surface area contributed by atoms with E-state index in [0.717, 1.165) is 6.42 Å². The van der Waals surface area contributed by atoms with Crippen LogP contribution in [-0.4, -0.2) is 39.0 Å². The molecule has 1 fully saturated rings. The third-order valence-corrected chi connectivity index (χ3v) is 3.99. The number of sulfone groups is 1. The van der Waals surface area contributed by atoms with E-state index in [9.17, 15) is 8.42 Å². The van der Waals surface area contributed by atoms with Crippen molar-refractivity contribution in [2.75, 3.05) is 18.6 Å². The lowest BCUT2D eigenvalue weighted by Crippen LogP contribution is -2.50. The van der Waals surface area contributed by atoms with Crippen LogP contribution in [0.25, 0.3) is 0 Å². The molecule has 0 aromatic carbocycles. The monoisotopic (exact) mass is 220 g/mol. The molecule has 1 rings (SSSR count). The number of guanidine groups is 1. The summed E-state index contributed by atoms with van der Waals surface area (Å²) in [4.78, 5) is 3.82. The summed E-state index contributed by atoms with van der Waals surface area (Å²) in [5.41, 5.74) is 2.37. The fourth-order valence-corrected chi connectivity index (χ4v) is 3.14. The molecule has 6 nitrogen and oxygen atoms in total. The Bertz CT molecular complexity index is 312. The van der Waals surface area contributed by atoms with Gasteiger partial charge >= 0.3 is 0 Å². The second-order valence-electron chi connectivity index (χ2n) is 3.31. The van der Waals surface area contributed by atoms with Crippen molar-refractivity contribution in [2.45, 2.75) is 18.9 Å². The number of hydrazine groups is 1. The molecule has 0 saturated carbocycles. The molecular formula is C7H16N4O2S. The predicted octanol–water partition coefficient (Wildman–Crippen LogP) is -1.40. The van der Waals surface area contributed by atoms with Crippen molar-refractivity contribution in [1.82, 2.24) is 10.7 Å². The number of rotatable bonds is 1. The highest BCUT2D eigenvalue weighted by Crippen LogP contribution is 2.11. The Hall–Kier alpha value is -0.820. The highest BCUT2D eigenvalue weighted by molar-refractivity contribution is 7.91. The summed E-state index contributed by atoms with van der Waals surface area (Å²) >= 11 is 0. The lowest BCUT2D eigenvalue weighted by molar-refractivity contribution is 0.527. The van der Waals surface area contributed by atoms with E-state index >= 15 is 0 Å². The summed E-state index contributed by atoms with van der Waals surface area (Å²) in [6.07, 6.45) is 1.53. The van der Waals surface area contributed by atoms with Crippen LogP contribution in [0.1, 0.15) is 12.8 Å². The van der Waals surface area contributed by atoms with Gasteiger partial charge in [0.25, 0.3) is 0 Å². The SMILES string of the molecule is CN=C(NN)NC1CCCS(=O)(=O)C1. The number of nitrogens with zero attached hydrogens (tertiary/aromatic N) is 1. The summed E-state index contributed by atoms with van der Waals surface area (Å²) in [5, 5.41) is 2.95. The van der Waals surface area contributed by atoms with E-state index in [4.69, 9.17) is 5.84 Å². The molecule has 1 unspecified atom stereocenters. The Balaban J connectivity index is 2.54. The molecule has 0 spiro atoms.